The van der Waals surface area contributed by atoms with Crippen LogP contribution in [0, 0.1) is 13.8 Å². The predicted molar refractivity (Wildman–Crippen MR) is 63.9 cm³/mol. The van der Waals surface area contributed by atoms with Crippen LogP contribution in [-0.2, 0) is 0 Å². The zero-order valence-electron chi connectivity index (χ0n) is 9.59. The van der Waals surface area contributed by atoms with Crippen molar-refractivity contribution in [1.29, 1.82) is 0 Å². The Balaban J connectivity index is 3.18. The fraction of sp³-hybridized carbons (Fsp3) is 0.500. The predicted octanol–water partition coefficient (Wildman–Crippen LogP) is 2.73. The van der Waals surface area contributed by atoms with Crippen LogP contribution in [0.2, 0.25) is 0 Å². The Kier molecular flexibility index (Phi) is 3.39. The number of nitrogen functional groups attached to an aromatic ring is 1. The minimum absolute atomic E-state index is 0.916. The molecule has 14 heavy (non-hydrogen) atoms. The Labute approximate surface area is 86.7 Å². The van der Waals surface area contributed by atoms with E-state index in [1.54, 1.807) is 0 Å². The fourth-order valence-electron chi connectivity index (χ4n) is 1.78. The van der Waals surface area contributed by atoms with Crippen molar-refractivity contribution in [1.82, 2.24) is 0 Å². The van der Waals surface area contributed by atoms with Crippen LogP contribution in [0.4, 0.5) is 11.4 Å². The van der Waals surface area contributed by atoms with Gasteiger partial charge in [-0.25, -0.2) is 0 Å². The van der Waals surface area contributed by atoms with Crippen molar-refractivity contribution in [2.75, 3.05) is 23.7 Å². The molecular weight excluding hydrogens is 172 g/mol. The second-order valence-corrected chi connectivity index (χ2v) is 3.69. The van der Waals surface area contributed by atoms with Crippen LogP contribution in [0.15, 0.2) is 12.1 Å². The molecule has 0 atom stereocenters. The second kappa shape index (κ2) is 4.36. The standard InChI is InChI=1S/C12H20N2/c1-5-14(6-2)11-8-9(3)7-10(4)12(11)13/h7-8H,5-6,13H2,1-4H3. The highest BCUT2D eigenvalue weighted by molar-refractivity contribution is 5.72. The minimum atomic E-state index is 0.916. The van der Waals surface area contributed by atoms with Crippen LogP contribution in [0.3, 0.4) is 0 Å². The zero-order valence-corrected chi connectivity index (χ0v) is 9.59. The largest absolute Gasteiger partial charge is 0.397 e. The highest BCUT2D eigenvalue weighted by Gasteiger charge is 2.08. The third-order valence-electron chi connectivity index (χ3n) is 2.61. The Morgan fingerprint density at radius 2 is 1.71 bits per heavy atom. The van der Waals surface area contributed by atoms with Crippen molar-refractivity contribution in [2.45, 2.75) is 27.7 Å². The first-order valence-corrected chi connectivity index (χ1v) is 5.21. The molecule has 0 saturated carbocycles. The molecule has 0 aliphatic heterocycles. The number of benzene rings is 1. The topological polar surface area (TPSA) is 29.3 Å². The van der Waals surface area contributed by atoms with Crippen molar-refractivity contribution < 1.29 is 0 Å². The van der Waals surface area contributed by atoms with Crippen LogP contribution in [0.1, 0.15) is 25.0 Å². The smallest absolute Gasteiger partial charge is 0.0605 e. The normalized spacial score (nSPS) is 10.3. The second-order valence-electron chi connectivity index (χ2n) is 3.69. The number of rotatable bonds is 3. The molecule has 2 heteroatoms. The van der Waals surface area contributed by atoms with Gasteiger partial charge >= 0.3 is 0 Å². The number of hydrogen-bond donors (Lipinski definition) is 1. The van der Waals surface area contributed by atoms with Gasteiger partial charge in [0.25, 0.3) is 0 Å². The molecule has 78 valence electrons. The average Bonchev–Trinajstić information content (AvgIpc) is 2.15. The van der Waals surface area contributed by atoms with Gasteiger partial charge in [-0.3, -0.25) is 0 Å². The lowest BCUT2D eigenvalue weighted by atomic mass is 10.1. The van der Waals surface area contributed by atoms with E-state index < -0.39 is 0 Å². The molecule has 0 aliphatic rings. The van der Waals surface area contributed by atoms with Crippen LogP contribution >= 0.6 is 0 Å². The first-order chi connectivity index (χ1) is 6.60. The molecule has 0 spiro atoms. The van der Waals surface area contributed by atoms with Gasteiger partial charge in [-0.05, 0) is 44.9 Å². The molecule has 0 bridgehead atoms. The van der Waals surface area contributed by atoms with Gasteiger partial charge in [-0.2, -0.15) is 0 Å². The van der Waals surface area contributed by atoms with Gasteiger partial charge < -0.3 is 10.6 Å². The number of nitrogens with zero attached hydrogens (tertiary/aromatic N) is 1. The van der Waals surface area contributed by atoms with E-state index in [-0.39, 0.29) is 0 Å². The van der Waals surface area contributed by atoms with Crippen LogP contribution < -0.4 is 10.6 Å². The monoisotopic (exact) mass is 192 g/mol. The molecule has 0 aromatic heterocycles. The SMILES string of the molecule is CCN(CC)c1cc(C)cc(C)c1N. The zero-order chi connectivity index (χ0) is 10.7. The molecule has 0 heterocycles. The summed E-state index contributed by atoms with van der Waals surface area (Å²) in [5.41, 5.74) is 10.6. The Bertz CT molecular complexity index is 314. The molecule has 0 amide bonds. The minimum Gasteiger partial charge on any atom is -0.397 e. The molecule has 0 unspecified atom stereocenters. The van der Waals surface area contributed by atoms with Crippen molar-refractivity contribution >= 4 is 11.4 Å². The number of anilines is 2. The van der Waals surface area contributed by atoms with Gasteiger partial charge in [-0.1, -0.05) is 6.07 Å². The molecule has 0 aliphatic carbocycles. The van der Waals surface area contributed by atoms with E-state index in [1.807, 2.05) is 0 Å². The summed E-state index contributed by atoms with van der Waals surface area (Å²) in [5, 5.41) is 0. The Hall–Kier alpha value is -1.18. The van der Waals surface area contributed by atoms with Gasteiger partial charge in [0.2, 0.25) is 0 Å². The lowest BCUT2D eigenvalue weighted by Gasteiger charge is -2.24. The summed E-state index contributed by atoms with van der Waals surface area (Å²) < 4.78 is 0. The van der Waals surface area contributed by atoms with Gasteiger partial charge in [0.05, 0.1) is 11.4 Å². The molecule has 1 rings (SSSR count). The maximum absolute atomic E-state index is 6.06. The molecular formula is C12H20N2. The molecule has 2 nitrogen and oxygen atoms in total. The van der Waals surface area contributed by atoms with Crippen molar-refractivity contribution in [3.8, 4) is 0 Å². The lowest BCUT2D eigenvalue weighted by Crippen LogP contribution is -2.23. The number of aryl methyl sites for hydroxylation is 2. The van der Waals surface area contributed by atoms with Crippen molar-refractivity contribution in [3.05, 3.63) is 23.3 Å². The maximum Gasteiger partial charge on any atom is 0.0605 e. The number of nitrogens with two attached hydrogens (primary N) is 1. The van der Waals surface area contributed by atoms with E-state index in [4.69, 9.17) is 5.73 Å². The van der Waals surface area contributed by atoms with E-state index in [0.717, 1.165) is 18.8 Å². The third kappa shape index (κ3) is 2.00. The molecule has 2 N–H and O–H groups in total. The van der Waals surface area contributed by atoms with Crippen molar-refractivity contribution in [2.24, 2.45) is 0 Å². The van der Waals surface area contributed by atoms with Gasteiger partial charge in [0.1, 0.15) is 0 Å². The van der Waals surface area contributed by atoms with Gasteiger partial charge in [-0.15, -0.1) is 0 Å². The maximum atomic E-state index is 6.06. The molecule has 0 fully saturated rings. The highest BCUT2D eigenvalue weighted by atomic mass is 15.1. The summed E-state index contributed by atoms with van der Waals surface area (Å²) in [6.07, 6.45) is 0. The highest BCUT2D eigenvalue weighted by Crippen LogP contribution is 2.27. The van der Waals surface area contributed by atoms with Crippen LogP contribution in [0.5, 0.6) is 0 Å². The first kappa shape index (κ1) is 10.9. The Morgan fingerprint density at radius 3 is 2.21 bits per heavy atom. The molecule has 0 saturated heterocycles. The fourth-order valence-corrected chi connectivity index (χ4v) is 1.78. The van der Waals surface area contributed by atoms with Crippen molar-refractivity contribution in [3.63, 3.8) is 0 Å². The Morgan fingerprint density at radius 1 is 1.14 bits per heavy atom. The summed E-state index contributed by atoms with van der Waals surface area (Å²) in [6.45, 7) is 10.5. The summed E-state index contributed by atoms with van der Waals surface area (Å²) in [5.74, 6) is 0. The quantitative estimate of drug-likeness (QED) is 0.746. The molecule has 1 aromatic carbocycles. The molecule has 1 aromatic rings. The van der Waals surface area contributed by atoms with Crippen LogP contribution in [0.25, 0.3) is 0 Å². The van der Waals surface area contributed by atoms with Gasteiger partial charge in [0, 0.05) is 13.1 Å². The summed E-state index contributed by atoms with van der Waals surface area (Å²) in [6, 6.07) is 4.29. The number of hydrogen-bond acceptors (Lipinski definition) is 2. The van der Waals surface area contributed by atoms with E-state index in [2.05, 4.69) is 44.7 Å². The average molecular weight is 192 g/mol. The summed E-state index contributed by atoms with van der Waals surface area (Å²) in [4.78, 5) is 2.29. The van der Waals surface area contributed by atoms with E-state index in [0.29, 0.717) is 0 Å². The first-order valence-electron chi connectivity index (χ1n) is 5.21. The lowest BCUT2D eigenvalue weighted by molar-refractivity contribution is 0.866. The van der Waals surface area contributed by atoms with E-state index in [9.17, 15) is 0 Å². The van der Waals surface area contributed by atoms with E-state index >= 15 is 0 Å². The van der Waals surface area contributed by atoms with Gasteiger partial charge in [0.15, 0.2) is 0 Å². The van der Waals surface area contributed by atoms with E-state index in [1.165, 1.54) is 16.8 Å². The van der Waals surface area contributed by atoms with Crippen LogP contribution in [-0.4, -0.2) is 13.1 Å². The summed E-state index contributed by atoms with van der Waals surface area (Å²) in [7, 11) is 0. The summed E-state index contributed by atoms with van der Waals surface area (Å²) >= 11 is 0. The molecule has 0 radical (unpaired) electrons. The third-order valence-corrected chi connectivity index (χ3v) is 2.61.